The molecule has 2 nitrogen and oxygen atoms in total. The molecular weight excluding hydrogens is 328 g/mol. The molecule has 0 aliphatic carbocycles. The zero-order valence-corrected chi connectivity index (χ0v) is 13.9. The van der Waals surface area contributed by atoms with Crippen molar-refractivity contribution >= 4 is 15.9 Å². The van der Waals surface area contributed by atoms with E-state index in [2.05, 4.69) is 47.1 Å². The molecular formula is C18H21BrO2. The number of ether oxygens (including phenoxy) is 2. The van der Waals surface area contributed by atoms with E-state index in [1.165, 1.54) is 17.5 Å². The standard InChI is InChI=1S/C18H21BrO2/c1-2-3-12-20-13-14-21-18-10-6-16(7-11-18)15-4-8-17(19)9-5-15/h4-11H,2-3,12-14H2,1H3. The van der Waals surface area contributed by atoms with Crippen LogP contribution in [0.4, 0.5) is 0 Å². The molecule has 0 unspecified atom stereocenters. The topological polar surface area (TPSA) is 18.5 Å². The van der Waals surface area contributed by atoms with E-state index in [0.29, 0.717) is 13.2 Å². The number of unbranched alkanes of at least 4 members (excludes halogenated alkanes) is 1. The summed E-state index contributed by atoms with van der Waals surface area (Å²) < 4.78 is 12.2. The summed E-state index contributed by atoms with van der Waals surface area (Å²) >= 11 is 3.45. The minimum absolute atomic E-state index is 0.599. The van der Waals surface area contributed by atoms with Crippen LogP contribution in [0.2, 0.25) is 0 Å². The van der Waals surface area contributed by atoms with Crippen molar-refractivity contribution in [3.05, 3.63) is 53.0 Å². The third kappa shape index (κ3) is 5.52. The molecule has 2 rings (SSSR count). The predicted octanol–water partition coefficient (Wildman–Crippen LogP) is 5.31. The molecule has 0 spiro atoms. The second-order valence-corrected chi connectivity index (χ2v) is 5.76. The van der Waals surface area contributed by atoms with Crippen molar-refractivity contribution in [2.24, 2.45) is 0 Å². The van der Waals surface area contributed by atoms with Gasteiger partial charge in [-0.25, -0.2) is 0 Å². The molecule has 2 aromatic rings. The first-order valence-electron chi connectivity index (χ1n) is 7.36. The molecule has 0 atom stereocenters. The van der Waals surface area contributed by atoms with Crippen molar-refractivity contribution in [3.63, 3.8) is 0 Å². The van der Waals surface area contributed by atoms with Crippen LogP contribution in [0.1, 0.15) is 19.8 Å². The van der Waals surface area contributed by atoms with E-state index < -0.39 is 0 Å². The highest BCUT2D eigenvalue weighted by Gasteiger charge is 1.99. The average Bonchev–Trinajstić information content (AvgIpc) is 2.52. The Morgan fingerprint density at radius 3 is 2.05 bits per heavy atom. The fraction of sp³-hybridized carbons (Fsp3) is 0.333. The molecule has 3 heteroatoms. The zero-order valence-electron chi connectivity index (χ0n) is 12.3. The smallest absolute Gasteiger partial charge is 0.119 e. The second-order valence-electron chi connectivity index (χ2n) is 4.85. The number of halogens is 1. The van der Waals surface area contributed by atoms with Crippen molar-refractivity contribution in [2.45, 2.75) is 19.8 Å². The molecule has 0 N–H and O–H groups in total. The van der Waals surface area contributed by atoms with Gasteiger partial charge in [0.1, 0.15) is 12.4 Å². The lowest BCUT2D eigenvalue weighted by atomic mass is 10.1. The largest absolute Gasteiger partial charge is 0.491 e. The molecule has 0 bridgehead atoms. The minimum Gasteiger partial charge on any atom is -0.491 e. The van der Waals surface area contributed by atoms with E-state index in [1.807, 2.05) is 24.3 Å². The first-order chi connectivity index (χ1) is 10.3. The van der Waals surface area contributed by atoms with Gasteiger partial charge in [-0.2, -0.15) is 0 Å². The third-order valence-electron chi connectivity index (χ3n) is 3.17. The van der Waals surface area contributed by atoms with Gasteiger partial charge in [-0.1, -0.05) is 53.5 Å². The van der Waals surface area contributed by atoms with Crippen LogP contribution in [0.15, 0.2) is 53.0 Å². The second kappa shape index (κ2) is 8.85. The van der Waals surface area contributed by atoms with Gasteiger partial charge in [0, 0.05) is 11.1 Å². The fourth-order valence-corrected chi connectivity index (χ4v) is 2.22. The summed E-state index contributed by atoms with van der Waals surface area (Å²) in [4.78, 5) is 0. The van der Waals surface area contributed by atoms with E-state index in [1.54, 1.807) is 0 Å². The van der Waals surface area contributed by atoms with Crippen molar-refractivity contribution in [2.75, 3.05) is 19.8 Å². The molecule has 21 heavy (non-hydrogen) atoms. The van der Waals surface area contributed by atoms with Crippen molar-refractivity contribution in [1.29, 1.82) is 0 Å². The summed E-state index contributed by atoms with van der Waals surface area (Å²) in [6.45, 7) is 4.23. The van der Waals surface area contributed by atoms with Crippen LogP contribution >= 0.6 is 15.9 Å². The minimum atomic E-state index is 0.599. The Balaban J connectivity index is 1.80. The van der Waals surface area contributed by atoms with E-state index in [0.717, 1.165) is 23.2 Å². The Labute approximate surface area is 135 Å². The number of hydrogen-bond acceptors (Lipinski definition) is 2. The van der Waals surface area contributed by atoms with Crippen LogP contribution in [-0.4, -0.2) is 19.8 Å². The van der Waals surface area contributed by atoms with Gasteiger partial charge in [0.2, 0.25) is 0 Å². The highest BCUT2D eigenvalue weighted by Crippen LogP contribution is 2.24. The van der Waals surface area contributed by atoms with Crippen LogP contribution in [0.5, 0.6) is 5.75 Å². The van der Waals surface area contributed by atoms with Crippen molar-refractivity contribution in [3.8, 4) is 16.9 Å². The van der Waals surface area contributed by atoms with Crippen LogP contribution in [0.3, 0.4) is 0 Å². The van der Waals surface area contributed by atoms with Crippen LogP contribution in [0.25, 0.3) is 11.1 Å². The lowest BCUT2D eigenvalue weighted by Gasteiger charge is -2.08. The number of rotatable bonds is 8. The van der Waals surface area contributed by atoms with E-state index >= 15 is 0 Å². The van der Waals surface area contributed by atoms with Crippen LogP contribution < -0.4 is 4.74 Å². The number of benzene rings is 2. The molecule has 0 aliphatic rings. The Hall–Kier alpha value is -1.32. The molecule has 0 aromatic heterocycles. The van der Waals surface area contributed by atoms with Gasteiger partial charge in [-0.15, -0.1) is 0 Å². The Morgan fingerprint density at radius 2 is 1.43 bits per heavy atom. The molecule has 112 valence electrons. The first-order valence-corrected chi connectivity index (χ1v) is 8.15. The van der Waals surface area contributed by atoms with Gasteiger partial charge in [0.05, 0.1) is 6.61 Å². The zero-order chi connectivity index (χ0) is 14.9. The maximum Gasteiger partial charge on any atom is 0.119 e. The van der Waals surface area contributed by atoms with E-state index in [-0.39, 0.29) is 0 Å². The molecule has 0 amide bonds. The van der Waals surface area contributed by atoms with E-state index in [4.69, 9.17) is 9.47 Å². The SMILES string of the molecule is CCCCOCCOc1ccc(-c2ccc(Br)cc2)cc1. The summed E-state index contributed by atoms with van der Waals surface area (Å²) in [6, 6.07) is 16.5. The van der Waals surface area contributed by atoms with E-state index in [9.17, 15) is 0 Å². The van der Waals surface area contributed by atoms with Gasteiger partial charge in [-0.3, -0.25) is 0 Å². The molecule has 0 saturated carbocycles. The molecule has 2 aromatic carbocycles. The molecule has 0 saturated heterocycles. The Kier molecular flexibility index (Phi) is 6.77. The maximum absolute atomic E-state index is 5.66. The molecule has 0 radical (unpaired) electrons. The van der Waals surface area contributed by atoms with Gasteiger partial charge in [0.15, 0.2) is 0 Å². The lowest BCUT2D eigenvalue weighted by molar-refractivity contribution is 0.0981. The third-order valence-corrected chi connectivity index (χ3v) is 3.70. The molecule has 0 heterocycles. The highest BCUT2D eigenvalue weighted by atomic mass is 79.9. The normalized spacial score (nSPS) is 10.6. The van der Waals surface area contributed by atoms with Gasteiger partial charge >= 0.3 is 0 Å². The first kappa shape index (κ1) is 16.1. The summed E-state index contributed by atoms with van der Waals surface area (Å²) in [6.07, 6.45) is 2.28. The summed E-state index contributed by atoms with van der Waals surface area (Å²) in [7, 11) is 0. The van der Waals surface area contributed by atoms with Crippen molar-refractivity contribution < 1.29 is 9.47 Å². The van der Waals surface area contributed by atoms with Gasteiger partial charge in [0.25, 0.3) is 0 Å². The number of hydrogen-bond donors (Lipinski definition) is 0. The summed E-state index contributed by atoms with van der Waals surface area (Å²) in [5, 5.41) is 0. The lowest BCUT2D eigenvalue weighted by Crippen LogP contribution is -2.07. The monoisotopic (exact) mass is 348 g/mol. The van der Waals surface area contributed by atoms with Gasteiger partial charge in [-0.05, 0) is 41.8 Å². The summed E-state index contributed by atoms with van der Waals surface area (Å²) in [5.41, 5.74) is 2.39. The van der Waals surface area contributed by atoms with Crippen LogP contribution in [0, 0.1) is 0 Å². The Bertz CT molecular complexity index is 520. The van der Waals surface area contributed by atoms with Crippen LogP contribution in [-0.2, 0) is 4.74 Å². The Morgan fingerprint density at radius 1 is 0.810 bits per heavy atom. The molecule has 0 aliphatic heterocycles. The van der Waals surface area contributed by atoms with Crippen molar-refractivity contribution in [1.82, 2.24) is 0 Å². The highest BCUT2D eigenvalue weighted by molar-refractivity contribution is 9.10. The van der Waals surface area contributed by atoms with Gasteiger partial charge < -0.3 is 9.47 Å². The quantitative estimate of drug-likeness (QED) is 0.601. The molecule has 0 fully saturated rings. The average molecular weight is 349 g/mol. The fourth-order valence-electron chi connectivity index (χ4n) is 1.95. The summed E-state index contributed by atoms with van der Waals surface area (Å²) in [5.74, 6) is 0.884. The maximum atomic E-state index is 5.66. The predicted molar refractivity (Wildman–Crippen MR) is 90.8 cm³/mol.